The molecule has 2 heterocycles. The highest BCUT2D eigenvalue weighted by Crippen LogP contribution is 2.28. The molecular formula is C25H27ClFN3O2. The molecule has 1 aromatic heterocycles. The zero-order valence-electron chi connectivity index (χ0n) is 18.1. The summed E-state index contributed by atoms with van der Waals surface area (Å²) in [4.78, 5) is 21.2. The third kappa shape index (κ3) is 5.75. The van der Waals surface area contributed by atoms with Crippen molar-refractivity contribution in [2.24, 2.45) is 0 Å². The topological polar surface area (TPSA) is 49.6 Å². The Morgan fingerprint density at radius 2 is 2.03 bits per heavy atom. The molecular weight excluding hydrogens is 429 g/mol. The minimum absolute atomic E-state index is 0.0853. The maximum Gasteiger partial charge on any atom is 0.236 e. The van der Waals surface area contributed by atoms with Gasteiger partial charge in [-0.1, -0.05) is 41.9 Å². The molecule has 0 aliphatic carbocycles. The van der Waals surface area contributed by atoms with E-state index in [1.165, 1.54) is 12.1 Å². The number of likely N-dealkylation sites (tertiary alicyclic amines) is 1. The lowest BCUT2D eigenvalue weighted by Crippen LogP contribution is -2.43. The van der Waals surface area contributed by atoms with E-state index in [-0.39, 0.29) is 17.6 Å². The summed E-state index contributed by atoms with van der Waals surface area (Å²) < 4.78 is 19.1. The lowest BCUT2D eigenvalue weighted by Gasteiger charge is -2.32. The van der Waals surface area contributed by atoms with Crippen molar-refractivity contribution in [1.82, 2.24) is 14.8 Å². The number of hydrogen-bond donors (Lipinski definition) is 0. The van der Waals surface area contributed by atoms with E-state index in [1.54, 1.807) is 18.3 Å². The number of likely N-dealkylation sites (N-methyl/N-ethyl adjacent to an activating group) is 1. The summed E-state index contributed by atoms with van der Waals surface area (Å²) in [5, 5.41) is 0.713. The van der Waals surface area contributed by atoms with E-state index in [0.29, 0.717) is 37.0 Å². The first-order valence-corrected chi connectivity index (χ1v) is 11.2. The van der Waals surface area contributed by atoms with Crippen LogP contribution in [0, 0.1) is 5.82 Å². The van der Waals surface area contributed by atoms with E-state index in [4.69, 9.17) is 16.0 Å². The van der Waals surface area contributed by atoms with Crippen molar-refractivity contribution in [2.45, 2.75) is 31.7 Å². The molecule has 0 spiro atoms. The summed E-state index contributed by atoms with van der Waals surface area (Å²) >= 11 is 6.26. The quantitative estimate of drug-likeness (QED) is 0.508. The Balaban J connectivity index is 1.33. The largest absolute Gasteiger partial charge is 0.445 e. The summed E-state index contributed by atoms with van der Waals surface area (Å²) in [7, 11) is 1.90. The molecule has 3 aromatic rings. The van der Waals surface area contributed by atoms with Gasteiger partial charge in [0.2, 0.25) is 5.91 Å². The fourth-order valence-electron chi connectivity index (χ4n) is 4.12. The summed E-state index contributed by atoms with van der Waals surface area (Å²) in [5.74, 6) is 1.38. The van der Waals surface area contributed by atoms with Gasteiger partial charge in [0.25, 0.3) is 0 Å². The highest BCUT2D eigenvalue weighted by atomic mass is 35.5. The molecule has 7 heteroatoms. The van der Waals surface area contributed by atoms with Crippen molar-refractivity contribution < 1.29 is 13.6 Å². The van der Waals surface area contributed by atoms with Crippen LogP contribution in [0.25, 0.3) is 0 Å². The third-order valence-electron chi connectivity index (χ3n) is 5.79. The van der Waals surface area contributed by atoms with Crippen molar-refractivity contribution in [3.8, 4) is 0 Å². The number of benzene rings is 2. The Morgan fingerprint density at radius 3 is 2.81 bits per heavy atom. The lowest BCUT2D eigenvalue weighted by molar-refractivity contribution is -0.133. The Morgan fingerprint density at radius 1 is 1.25 bits per heavy atom. The Labute approximate surface area is 192 Å². The van der Waals surface area contributed by atoms with Gasteiger partial charge in [0.05, 0.1) is 18.7 Å². The molecule has 32 heavy (non-hydrogen) atoms. The van der Waals surface area contributed by atoms with Crippen LogP contribution in [0.1, 0.15) is 41.5 Å². The van der Waals surface area contributed by atoms with Crippen LogP contribution >= 0.6 is 11.6 Å². The van der Waals surface area contributed by atoms with Crippen LogP contribution in [0.3, 0.4) is 0 Å². The molecule has 1 atom stereocenters. The first-order valence-electron chi connectivity index (χ1n) is 10.9. The number of rotatable bonds is 7. The number of carbonyl (C=O) groups is 1. The second-order valence-corrected chi connectivity index (χ2v) is 8.82. The fraction of sp³-hybridized carbons (Fsp3) is 0.360. The highest BCUT2D eigenvalue weighted by molar-refractivity contribution is 6.31. The number of halogens is 2. The van der Waals surface area contributed by atoms with Gasteiger partial charge in [0, 0.05) is 31.1 Å². The van der Waals surface area contributed by atoms with Gasteiger partial charge < -0.3 is 9.32 Å². The molecule has 0 radical (unpaired) electrons. The van der Waals surface area contributed by atoms with Crippen LogP contribution < -0.4 is 0 Å². The van der Waals surface area contributed by atoms with Crippen LogP contribution in [0.5, 0.6) is 0 Å². The number of carbonyl (C=O) groups excluding carboxylic acids is 1. The molecule has 1 aliphatic rings. The Hall–Kier alpha value is -2.70. The van der Waals surface area contributed by atoms with E-state index >= 15 is 0 Å². The summed E-state index contributed by atoms with van der Waals surface area (Å²) in [6.45, 7) is 2.25. The normalized spacial score (nSPS) is 16.5. The van der Waals surface area contributed by atoms with Crippen LogP contribution in [-0.4, -0.2) is 47.4 Å². The molecule has 0 unspecified atom stereocenters. The van der Waals surface area contributed by atoms with E-state index in [0.717, 1.165) is 36.3 Å². The predicted molar refractivity (Wildman–Crippen MR) is 122 cm³/mol. The molecule has 0 bridgehead atoms. The van der Waals surface area contributed by atoms with Crippen LogP contribution in [0.2, 0.25) is 5.02 Å². The molecule has 4 rings (SSSR count). The third-order valence-corrected chi connectivity index (χ3v) is 6.16. The van der Waals surface area contributed by atoms with Crippen molar-refractivity contribution in [3.05, 3.63) is 88.3 Å². The maximum absolute atomic E-state index is 13.1. The average molecular weight is 456 g/mol. The maximum atomic E-state index is 13.1. The van der Waals surface area contributed by atoms with Crippen LogP contribution in [0.15, 0.2) is 59.1 Å². The molecule has 5 nitrogen and oxygen atoms in total. The second kappa shape index (κ2) is 10.3. The first kappa shape index (κ1) is 22.5. The van der Waals surface area contributed by atoms with Gasteiger partial charge in [-0.05, 0) is 49.2 Å². The van der Waals surface area contributed by atoms with Gasteiger partial charge in [-0.15, -0.1) is 0 Å². The molecule has 0 saturated carbocycles. The Bertz CT molecular complexity index is 1050. The number of amides is 1. The van der Waals surface area contributed by atoms with Gasteiger partial charge in [0.15, 0.2) is 5.89 Å². The van der Waals surface area contributed by atoms with Gasteiger partial charge in [0.1, 0.15) is 11.6 Å². The smallest absolute Gasteiger partial charge is 0.236 e. The summed E-state index contributed by atoms with van der Waals surface area (Å²) in [6.07, 6.45) is 4.22. The monoisotopic (exact) mass is 455 g/mol. The van der Waals surface area contributed by atoms with E-state index in [9.17, 15) is 9.18 Å². The van der Waals surface area contributed by atoms with Crippen molar-refractivity contribution in [2.75, 3.05) is 26.7 Å². The Kier molecular flexibility index (Phi) is 7.22. The summed E-state index contributed by atoms with van der Waals surface area (Å²) in [6, 6.07) is 14.1. The predicted octanol–water partition coefficient (Wildman–Crippen LogP) is 4.90. The summed E-state index contributed by atoms with van der Waals surface area (Å²) in [5.41, 5.74) is 1.98. The number of aromatic nitrogens is 1. The zero-order valence-corrected chi connectivity index (χ0v) is 18.9. The SMILES string of the molecule is CN(CC(=O)N1CCC[C@H](c2ncc(Cc3ccccc3Cl)o2)C1)Cc1ccc(F)cc1. The molecule has 1 aliphatic heterocycles. The molecule has 168 valence electrons. The zero-order chi connectivity index (χ0) is 22.5. The minimum atomic E-state index is -0.256. The number of piperidine rings is 1. The van der Waals surface area contributed by atoms with Gasteiger partial charge in [-0.3, -0.25) is 9.69 Å². The standard InChI is InChI=1S/C25H27ClFN3O2/c1-29(15-18-8-10-21(27)11-9-18)17-24(31)30-12-4-6-20(16-30)25-28-14-22(32-25)13-19-5-2-3-7-23(19)26/h2-3,5,7-11,14,20H,4,6,12-13,15-17H2,1H3/t20-/m0/s1. The van der Waals surface area contributed by atoms with Gasteiger partial charge >= 0.3 is 0 Å². The lowest BCUT2D eigenvalue weighted by atomic mass is 9.98. The van der Waals surface area contributed by atoms with E-state index in [2.05, 4.69) is 4.98 Å². The van der Waals surface area contributed by atoms with Crippen molar-refractivity contribution in [1.29, 1.82) is 0 Å². The molecule has 1 saturated heterocycles. The molecule has 1 amide bonds. The highest BCUT2D eigenvalue weighted by Gasteiger charge is 2.28. The van der Waals surface area contributed by atoms with E-state index in [1.807, 2.05) is 41.1 Å². The number of hydrogen-bond acceptors (Lipinski definition) is 4. The average Bonchev–Trinajstić information content (AvgIpc) is 3.26. The molecule has 0 N–H and O–H groups in total. The van der Waals surface area contributed by atoms with Gasteiger partial charge in [-0.25, -0.2) is 9.37 Å². The van der Waals surface area contributed by atoms with Crippen molar-refractivity contribution in [3.63, 3.8) is 0 Å². The van der Waals surface area contributed by atoms with E-state index < -0.39 is 0 Å². The van der Waals surface area contributed by atoms with Crippen LogP contribution in [0.4, 0.5) is 4.39 Å². The van der Waals surface area contributed by atoms with Crippen LogP contribution in [-0.2, 0) is 17.8 Å². The molecule has 1 fully saturated rings. The number of nitrogens with zero attached hydrogens (tertiary/aromatic N) is 3. The minimum Gasteiger partial charge on any atom is -0.445 e. The molecule has 2 aromatic carbocycles. The first-order chi connectivity index (χ1) is 15.5. The fourth-order valence-corrected chi connectivity index (χ4v) is 4.32. The van der Waals surface area contributed by atoms with Gasteiger partial charge in [-0.2, -0.15) is 0 Å². The second-order valence-electron chi connectivity index (χ2n) is 8.41. The van der Waals surface area contributed by atoms with Crippen molar-refractivity contribution >= 4 is 17.5 Å². The number of oxazole rings is 1.